The third-order valence-electron chi connectivity index (χ3n) is 1.51. The van der Waals surface area contributed by atoms with E-state index in [2.05, 4.69) is 15.9 Å². The fourth-order valence-electron chi connectivity index (χ4n) is 0.847. The third-order valence-corrected chi connectivity index (χ3v) is 4.25. The predicted octanol–water partition coefficient (Wildman–Crippen LogP) is -1.91. The Hall–Kier alpha value is 0.760. The molecule has 0 aliphatic carbocycles. The standard InChI is InChI=1S/C7H7BrO4S2.Na/c1-14(11,12)5-2-3-7(13(9)10)6(8)4-5;/h2-4H,1H3,(H,9,10);/q;+1/p-1. The van der Waals surface area contributed by atoms with Crippen LogP contribution in [0.1, 0.15) is 0 Å². The molecular weight excluding hydrogens is 315 g/mol. The monoisotopic (exact) mass is 320 g/mol. The molecule has 0 heterocycles. The summed E-state index contributed by atoms with van der Waals surface area (Å²) in [5, 5.41) is 0. The van der Waals surface area contributed by atoms with Gasteiger partial charge in [0.2, 0.25) is 0 Å². The van der Waals surface area contributed by atoms with Gasteiger partial charge in [0, 0.05) is 15.6 Å². The van der Waals surface area contributed by atoms with Crippen LogP contribution in [-0.2, 0) is 20.9 Å². The molecule has 0 bridgehead atoms. The average molecular weight is 321 g/mol. The molecule has 1 aromatic rings. The number of hydrogen-bond donors (Lipinski definition) is 0. The van der Waals surface area contributed by atoms with Crippen LogP contribution in [0, 0.1) is 0 Å². The second kappa shape index (κ2) is 5.90. The molecule has 0 saturated carbocycles. The zero-order chi connectivity index (χ0) is 10.9. The van der Waals surface area contributed by atoms with Gasteiger partial charge in [-0.15, -0.1) is 0 Å². The maximum absolute atomic E-state index is 11.1. The molecule has 0 aliphatic rings. The van der Waals surface area contributed by atoms with E-state index < -0.39 is 20.9 Å². The van der Waals surface area contributed by atoms with Gasteiger partial charge in [0.1, 0.15) is 0 Å². The SMILES string of the molecule is CS(=O)(=O)c1ccc(S(=O)[O-])c(Br)c1.[Na+]. The molecule has 1 atom stereocenters. The number of hydrogen-bond acceptors (Lipinski definition) is 4. The fourth-order valence-corrected chi connectivity index (χ4v) is 2.82. The summed E-state index contributed by atoms with van der Waals surface area (Å²) in [6, 6.07) is 3.76. The minimum atomic E-state index is -3.30. The van der Waals surface area contributed by atoms with Crippen LogP contribution in [0.4, 0.5) is 0 Å². The first-order chi connectivity index (χ1) is 6.32. The van der Waals surface area contributed by atoms with Crippen molar-refractivity contribution in [3.8, 4) is 0 Å². The summed E-state index contributed by atoms with van der Waals surface area (Å²) in [5.41, 5.74) is 0. The van der Waals surface area contributed by atoms with Gasteiger partial charge in [0.05, 0.1) is 4.90 Å². The van der Waals surface area contributed by atoms with Gasteiger partial charge in [0.15, 0.2) is 9.84 Å². The van der Waals surface area contributed by atoms with Crippen molar-refractivity contribution in [3.05, 3.63) is 22.7 Å². The molecule has 1 unspecified atom stereocenters. The smallest absolute Gasteiger partial charge is 0.768 e. The van der Waals surface area contributed by atoms with Crippen molar-refractivity contribution in [2.45, 2.75) is 9.79 Å². The normalized spacial score (nSPS) is 13.0. The van der Waals surface area contributed by atoms with E-state index in [1.807, 2.05) is 0 Å². The van der Waals surface area contributed by atoms with Crippen LogP contribution in [0.15, 0.2) is 32.5 Å². The summed E-state index contributed by atoms with van der Waals surface area (Å²) >= 11 is 0.615. The van der Waals surface area contributed by atoms with Crippen molar-refractivity contribution in [1.82, 2.24) is 0 Å². The zero-order valence-corrected chi connectivity index (χ0v) is 13.3. The van der Waals surface area contributed by atoms with Gasteiger partial charge < -0.3 is 4.55 Å². The summed E-state index contributed by atoms with van der Waals surface area (Å²) in [7, 11) is -3.30. The van der Waals surface area contributed by atoms with Gasteiger partial charge in [0.25, 0.3) is 0 Å². The quantitative estimate of drug-likeness (QED) is 0.471. The van der Waals surface area contributed by atoms with Crippen molar-refractivity contribution < 1.29 is 46.7 Å². The van der Waals surface area contributed by atoms with E-state index in [9.17, 15) is 17.2 Å². The number of benzene rings is 1. The number of rotatable bonds is 2. The van der Waals surface area contributed by atoms with E-state index in [-0.39, 0.29) is 43.8 Å². The Bertz CT molecular complexity index is 486. The van der Waals surface area contributed by atoms with Gasteiger partial charge in [-0.1, -0.05) is 0 Å². The molecule has 0 aliphatic heterocycles. The van der Waals surface area contributed by atoms with E-state index in [1.54, 1.807) is 0 Å². The predicted molar refractivity (Wildman–Crippen MR) is 54.4 cm³/mol. The molecule has 0 spiro atoms. The van der Waals surface area contributed by atoms with Crippen molar-refractivity contribution >= 4 is 36.8 Å². The minimum Gasteiger partial charge on any atom is -0.768 e. The van der Waals surface area contributed by atoms with E-state index in [1.165, 1.54) is 18.2 Å². The molecule has 1 rings (SSSR count). The van der Waals surface area contributed by atoms with Crippen LogP contribution in [0.2, 0.25) is 0 Å². The Morgan fingerprint density at radius 1 is 1.40 bits per heavy atom. The van der Waals surface area contributed by atoms with Gasteiger partial charge in [-0.25, -0.2) is 8.42 Å². The van der Waals surface area contributed by atoms with Gasteiger partial charge in [-0.05, 0) is 45.2 Å². The Morgan fingerprint density at radius 3 is 2.27 bits per heavy atom. The topological polar surface area (TPSA) is 74.3 Å². The van der Waals surface area contributed by atoms with Gasteiger partial charge in [-0.3, -0.25) is 4.21 Å². The van der Waals surface area contributed by atoms with Gasteiger partial charge >= 0.3 is 29.6 Å². The summed E-state index contributed by atoms with van der Waals surface area (Å²) in [6.45, 7) is 0. The number of halogens is 1. The van der Waals surface area contributed by atoms with Crippen LogP contribution >= 0.6 is 15.9 Å². The molecule has 0 fully saturated rings. The Balaban J connectivity index is 0.00000196. The molecule has 78 valence electrons. The average Bonchev–Trinajstić information content (AvgIpc) is 2.01. The van der Waals surface area contributed by atoms with Crippen LogP contribution < -0.4 is 29.6 Å². The van der Waals surface area contributed by atoms with Gasteiger partial charge in [-0.2, -0.15) is 0 Å². The van der Waals surface area contributed by atoms with E-state index in [0.29, 0.717) is 0 Å². The van der Waals surface area contributed by atoms with Crippen LogP contribution in [-0.4, -0.2) is 23.4 Å². The van der Waals surface area contributed by atoms with Crippen LogP contribution in [0.3, 0.4) is 0 Å². The summed E-state index contributed by atoms with van der Waals surface area (Å²) in [4.78, 5) is 0.121. The Kier molecular flexibility index (Phi) is 6.20. The van der Waals surface area contributed by atoms with Crippen LogP contribution in [0.5, 0.6) is 0 Å². The molecule has 0 aromatic heterocycles. The molecule has 0 saturated heterocycles. The summed E-state index contributed by atoms with van der Waals surface area (Å²) < 4.78 is 43.6. The van der Waals surface area contributed by atoms with Crippen molar-refractivity contribution in [1.29, 1.82) is 0 Å². The van der Waals surface area contributed by atoms with E-state index in [0.717, 1.165) is 6.26 Å². The zero-order valence-electron chi connectivity index (χ0n) is 8.06. The molecule has 15 heavy (non-hydrogen) atoms. The molecule has 0 radical (unpaired) electrons. The van der Waals surface area contributed by atoms with Crippen molar-refractivity contribution in [2.24, 2.45) is 0 Å². The molecule has 4 nitrogen and oxygen atoms in total. The first-order valence-electron chi connectivity index (χ1n) is 3.41. The minimum absolute atomic E-state index is 0. The molecule has 0 amide bonds. The van der Waals surface area contributed by atoms with E-state index in [4.69, 9.17) is 0 Å². The Morgan fingerprint density at radius 2 is 1.93 bits per heavy atom. The van der Waals surface area contributed by atoms with Crippen molar-refractivity contribution in [3.63, 3.8) is 0 Å². The largest absolute Gasteiger partial charge is 1.00 e. The first-order valence-corrected chi connectivity index (χ1v) is 7.17. The molecular formula is C7H6BrNaO4S2. The fraction of sp³-hybridized carbons (Fsp3) is 0.143. The number of sulfone groups is 1. The first kappa shape index (κ1) is 15.8. The maximum Gasteiger partial charge on any atom is 1.00 e. The molecule has 8 heteroatoms. The maximum atomic E-state index is 11.1. The summed E-state index contributed by atoms with van der Waals surface area (Å²) in [6.07, 6.45) is 1.06. The molecule has 0 N–H and O–H groups in total. The summed E-state index contributed by atoms with van der Waals surface area (Å²) in [5.74, 6) is 0. The second-order valence-electron chi connectivity index (χ2n) is 2.60. The van der Waals surface area contributed by atoms with Crippen molar-refractivity contribution in [2.75, 3.05) is 6.26 Å². The van der Waals surface area contributed by atoms with E-state index >= 15 is 0 Å². The molecule has 1 aromatic carbocycles. The second-order valence-corrected chi connectivity index (χ2v) is 6.38. The van der Waals surface area contributed by atoms with Crippen LogP contribution in [0.25, 0.3) is 0 Å². The Labute approximate surface area is 121 Å². The third kappa shape index (κ3) is 4.26.